The van der Waals surface area contributed by atoms with Crippen molar-refractivity contribution in [1.82, 2.24) is 15.1 Å². The monoisotopic (exact) mass is 464 g/mol. The van der Waals surface area contributed by atoms with E-state index in [9.17, 15) is 19.7 Å². The SMILES string of the molecule is C[C@@H](NC(=O)[C@@H](C1CCCC1)N1CCN(C(=O)c2cccc([N+](=O)[O-])c2)CC1)c1ccccc1. The molecule has 1 N–H and O–H groups in total. The van der Waals surface area contributed by atoms with E-state index in [1.165, 1.54) is 18.2 Å². The molecule has 2 aromatic carbocycles. The molecule has 1 aliphatic carbocycles. The van der Waals surface area contributed by atoms with Crippen molar-refractivity contribution in [1.29, 1.82) is 0 Å². The lowest BCUT2D eigenvalue weighted by atomic mass is 9.94. The molecule has 2 atom stereocenters. The van der Waals surface area contributed by atoms with Crippen LogP contribution in [-0.4, -0.2) is 58.8 Å². The maximum Gasteiger partial charge on any atom is 0.270 e. The van der Waals surface area contributed by atoms with Gasteiger partial charge in [0.2, 0.25) is 5.91 Å². The summed E-state index contributed by atoms with van der Waals surface area (Å²) in [7, 11) is 0. The van der Waals surface area contributed by atoms with Gasteiger partial charge in [0.25, 0.3) is 11.6 Å². The topological polar surface area (TPSA) is 95.8 Å². The van der Waals surface area contributed by atoms with Gasteiger partial charge in [0.15, 0.2) is 0 Å². The number of carbonyl (C=O) groups excluding carboxylic acids is 2. The fourth-order valence-electron chi connectivity index (χ4n) is 5.21. The minimum absolute atomic E-state index is 0.0571. The van der Waals surface area contributed by atoms with E-state index in [0.29, 0.717) is 37.7 Å². The van der Waals surface area contributed by atoms with Crippen LogP contribution in [0.25, 0.3) is 0 Å². The Hall–Kier alpha value is -3.26. The lowest BCUT2D eigenvalue weighted by Gasteiger charge is -2.41. The normalized spacial score (nSPS) is 18.9. The van der Waals surface area contributed by atoms with Crippen molar-refractivity contribution in [3.05, 3.63) is 75.8 Å². The molecule has 0 bridgehead atoms. The Kier molecular flexibility index (Phi) is 7.57. The minimum Gasteiger partial charge on any atom is -0.348 e. The summed E-state index contributed by atoms with van der Waals surface area (Å²) < 4.78 is 0. The average molecular weight is 465 g/mol. The molecule has 1 saturated heterocycles. The van der Waals surface area contributed by atoms with Crippen molar-refractivity contribution in [3.8, 4) is 0 Å². The highest BCUT2D eigenvalue weighted by atomic mass is 16.6. The molecule has 1 saturated carbocycles. The molecule has 2 aliphatic rings. The number of nitrogens with one attached hydrogen (secondary N) is 1. The standard InChI is InChI=1S/C26H32N4O4/c1-19(20-8-3-2-4-9-20)27-25(31)24(21-10-5-6-11-21)28-14-16-29(17-15-28)26(32)22-12-7-13-23(18-22)30(33)34/h2-4,7-9,12-13,18-19,21,24H,5-6,10-11,14-17H2,1H3,(H,27,31)/t19-,24-/m1/s1. The summed E-state index contributed by atoms with van der Waals surface area (Å²) in [6.45, 7) is 4.21. The number of non-ortho nitro benzene ring substituents is 1. The van der Waals surface area contributed by atoms with Crippen LogP contribution < -0.4 is 5.32 Å². The van der Waals surface area contributed by atoms with Gasteiger partial charge < -0.3 is 10.2 Å². The number of hydrogen-bond donors (Lipinski definition) is 1. The van der Waals surface area contributed by atoms with Gasteiger partial charge in [-0.2, -0.15) is 0 Å². The van der Waals surface area contributed by atoms with Crippen molar-refractivity contribution in [2.24, 2.45) is 5.92 Å². The molecule has 2 amide bonds. The Balaban J connectivity index is 1.42. The lowest BCUT2D eigenvalue weighted by Crippen LogP contribution is -2.58. The van der Waals surface area contributed by atoms with Gasteiger partial charge >= 0.3 is 0 Å². The van der Waals surface area contributed by atoms with Crippen LogP contribution in [0, 0.1) is 16.0 Å². The number of hydrogen-bond acceptors (Lipinski definition) is 5. The molecule has 1 aliphatic heterocycles. The van der Waals surface area contributed by atoms with Crippen molar-refractivity contribution >= 4 is 17.5 Å². The number of carbonyl (C=O) groups is 2. The zero-order valence-electron chi connectivity index (χ0n) is 19.6. The third-order valence-electron chi connectivity index (χ3n) is 7.07. The van der Waals surface area contributed by atoms with E-state index in [0.717, 1.165) is 31.2 Å². The predicted octanol–water partition coefficient (Wildman–Crippen LogP) is 3.79. The van der Waals surface area contributed by atoms with E-state index in [4.69, 9.17) is 0 Å². The fraction of sp³-hybridized carbons (Fsp3) is 0.462. The third kappa shape index (κ3) is 5.44. The van der Waals surface area contributed by atoms with Crippen molar-refractivity contribution in [2.45, 2.75) is 44.7 Å². The van der Waals surface area contributed by atoms with Crippen LogP contribution in [0.15, 0.2) is 54.6 Å². The molecule has 34 heavy (non-hydrogen) atoms. The Labute approximate surface area is 200 Å². The number of benzene rings is 2. The molecular formula is C26H32N4O4. The zero-order valence-corrected chi connectivity index (χ0v) is 19.6. The zero-order chi connectivity index (χ0) is 24.1. The summed E-state index contributed by atoms with van der Waals surface area (Å²) in [5, 5.41) is 14.3. The van der Waals surface area contributed by atoms with Crippen molar-refractivity contribution in [3.63, 3.8) is 0 Å². The first-order valence-corrected chi connectivity index (χ1v) is 12.1. The quantitative estimate of drug-likeness (QED) is 0.497. The van der Waals surface area contributed by atoms with Crippen LogP contribution in [0.3, 0.4) is 0 Å². The van der Waals surface area contributed by atoms with E-state index >= 15 is 0 Å². The van der Waals surface area contributed by atoms with Crippen LogP contribution in [0.2, 0.25) is 0 Å². The summed E-state index contributed by atoms with van der Waals surface area (Å²) in [6.07, 6.45) is 4.39. The fourth-order valence-corrected chi connectivity index (χ4v) is 5.21. The van der Waals surface area contributed by atoms with Gasteiger partial charge in [0.05, 0.1) is 17.0 Å². The number of piperazine rings is 1. The van der Waals surface area contributed by atoms with Gasteiger partial charge in [-0.15, -0.1) is 0 Å². The van der Waals surface area contributed by atoms with E-state index in [2.05, 4.69) is 10.2 Å². The van der Waals surface area contributed by atoms with Crippen LogP contribution in [0.5, 0.6) is 0 Å². The summed E-state index contributed by atoms with van der Waals surface area (Å²) in [5.41, 5.74) is 1.31. The van der Waals surface area contributed by atoms with E-state index in [1.54, 1.807) is 11.0 Å². The molecular weight excluding hydrogens is 432 g/mol. The first kappa shape index (κ1) is 23.9. The lowest BCUT2D eigenvalue weighted by molar-refractivity contribution is -0.384. The highest BCUT2D eigenvalue weighted by Gasteiger charge is 2.38. The number of amides is 2. The molecule has 2 fully saturated rings. The maximum atomic E-state index is 13.5. The molecule has 1 heterocycles. The summed E-state index contributed by atoms with van der Waals surface area (Å²) in [6, 6.07) is 15.5. The largest absolute Gasteiger partial charge is 0.348 e. The van der Waals surface area contributed by atoms with Crippen molar-refractivity contribution < 1.29 is 14.5 Å². The van der Waals surface area contributed by atoms with Crippen LogP contribution in [0.4, 0.5) is 5.69 Å². The van der Waals surface area contributed by atoms with Gasteiger partial charge in [-0.05, 0) is 37.3 Å². The molecule has 0 unspecified atom stereocenters. The summed E-state index contributed by atoms with van der Waals surface area (Å²) in [4.78, 5) is 40.9. The Morgan fingerprint density at radius 1 is 1.00 bits per heavy atom. The van der Waals surface area contributed by atoms with Gasteiger partial charge in [-0.3, -0.25) is 24.6 Å². The summed E-state index contributed by atoms with van der Waals surface area (Å²) >= 11 is 0. The smallest absolute Gasteiger partial charge is 0.270 e. The predicted molar refractivity (Wildman–Crippen MR) is 129 cm³/mol. The highest BCUT2D eigenvalue weighted by molar-refractivity contribution is 5.95. The highest BCUT2D eigenvalue weighted by Crippen LogP contribution is 2.31. The molecule has 0 aromatic heterocycles. The molecule has 0 spiro atoms. The Morgan fingerprint density at radius 2 is 1.68 bits per heavy atom. The molecule has 2 aromatic rings. The minimum atomic E-state index is -0.490. The number of nitro benzene ring substituents is 1. The van der Waals surface area contributed by atoms with Gasteiger partial charge in [-0.1, -0.05) is 49.2 Å². The molecule has 8 heteroatoms. The molecule has 180 valence electrons. The van der Waals surface area contributed by atoms with E-state index in [-0.39, 0.29) is 29.6 Å². The maximum absolute atomic E-state index is 13.5. The van der Waals surface area contributed by atoms with Crippen LogP contribution in [0.1, 0.15) is 54.6 Å². The van der Waals surface area contributed by atoms with Crippen LogP contribution in [-0.2, 0) is 4.79 Å². The Morgan fingerprint density at radius 3 is 2.32 bits per heavy atom. The summed E-state index contributed by atoms with van der Waals surface area (Å²) in [5.74, 6) is 0.173. The molecule has 8 nitrogen and oxygen atoms in total. The Bertz CT molecular complexity index is 1010. The van der Waals surface area contributed by atoms with E-state index < -0.39 is 4.92 Å². The van der Waals surface area contributed by atoms with Gasteiger partial charge in [-0.25, -0.2) is 0 Å². The second-order valence-corrected chi connectivity index (χ2v) is 9.27. The number of nitrogens with zero attached hydrogens (tertiary/aromatic N) is 3. The first-order chi connectivity index (χ1) is 16.4. The van der Waals surface area contributed by atoms with Crippen molar-refractivity contribution in [2.75, 3.05) is 26.2 Å². The van der Waals surface area contributed by atoms with E-state index in [1.807, 2.05) is 37.3 Å². The van der Waals surface area contributed by atoms with Gasteiger partial charge in [0.1, 0.15) is 0 Å². The third-order valence-corrected chi connectivity index (χ3v) is 7.07. The number of nitro groups is 1. The average Bonchev–Trinajstić information content (AvgIpc) is 3.39. The second-order valence-electron chi connectivity index (χ2n) is 9.27. The number of rotatable bonds is 7. The first-order valence-electron chi connectivity index (χ1n) is 12.1. The van der Waals surface area contributed by atoms with Gasteiger partial charge in [0, 0.05) is 43.9 Å². The van der Waals surface area contributed by atoms with Crippen LogP contribution >= 0.6 is 0 Å². The molecule has 4 rings (SSSR count). The second kappa shape index (κ2) is 10.8. The molecule has 0 radical (unpaired) electrons.